The molecule has 0 aliphatic heterocycles. The third-order valence-corrected chi connectivity index (χ3v) is 4.95. The minimum Gasteiger partial charge on any atom is -0.478 e. The summed E-state index contributed by atoms with van der Waals surface area (Å²) < 4.78 is 43.6. The van der Waals surface area contributed by atoms with Gasteiger partial charge in [-0.05, 0) is 36.8 Å². The fourth-order valence-electron chi connectivity index (χ4n) is 2.21. The number of sulfonamides is 1. The van der Waals surface area contributed by atoms with Crippen LogP contribution in [0.1, 0.15) is 13.3 Å². The number of anilines is 2. The molecular formula is C18H21FN2O4S. The van der Waals surface area contributed by atoms with Crippen molar-refractivity contribution in [3.63, 3.8) is 0 Å². The molecule has 140 valence electrons. The largest absolute Gasteiger partial charge is 0.478 e. The molecule has 0 bridgehead atoms. The van der Waals surface area contributed by atoms with E-state index in [1.165, 1.54) is 31.3 Å². The molecule has 2 aromatic rings. The number of carbonyl (C=O) groups excluding carboxylic acids is 1. The maximum atomic E-state index is 13.7. The van der Waals surface area contributed by atoms with Gasteiger partial charge in [-0.2, -0.15) is 0 Å². The standard InChI is InChI=1S/C18H21FN2O4S/c1-4-16(25-17-11-6-5-10-15(17)19)18(22)20-13-8-7-9-14(12-13)21(2)26(3,23)24/h5-12,16H,4H2,1-3H3,(H,20,22)/t16-/m1/s1. The first-order valence-electron chi connectivity index (χ1n) is 7.98. The van der Waals surface area contributed by atoms with Gasteiger partial charge in [-0.3, -0.25) is 9.10 Å². The van der Waals surface area contributed by atoms with Crippen LogP contribution in [-0.4, -0.2) is 33.7 Å². The molecule has 0 radical (unpaired) electrons. The Kier molecular flexibility index (Phi) is 6.20. The highest BCUT2D eigenvalue weighted by Crippen LogP contribution is 2.22. The molecule has 26 heavy (non-hydrogen) atoms. The van der Waals surface area contributed by atoms with Crippen LogP contribution < -0.4 is 14.4 Å². The molecule has 1 atom stereocenters. The lowest BCUT2D eigenvalue weighted by Crippen LogP contribution is -2.32. The molecule has 1 amide bonds. The summed E-state index contributed by atoms with van der Waals surface area (Å²) in [5.41, 5.74) is 0.826. The minimum atomic E-state index is -3.41. The smallest absolute Gasteiger partial charge is 0.265 e. The molecule has 0 spiro atoms. The van der Waals surface area contributed by atoms with Gasteiger partial charge >= 0.3 is 0 Å². The zero-order valence-corrected chi connectivity index (χ0v) is 15.6. The van der Waals surface area contributed by atoms with Crippen LogP contribution in [-0.2, 0) is 14.8 Å². The summed E-state index contributed by atoms with van der Waals surface area (Å²) in [7, 11) is -1.99. The van der Waals surface area contributed by atoms with E-state index in [4.69, 9.17) is 4.74 Å². The average Bonchev–Trinajstić information content (AvgIpc) is 2.59. The van der Waals surface area contributed by atoms with Crippen molar-refractivity contribution in [2.75, 3.05) is 22.9 Å². The number of hydrogen-bond donors (Lipinski definition) is 1. The summed E-state index contributed by atoms with van der Waals surface area (Å²) in [4.78, 5) is 12.4. The first-order chi connectivity index (χ1) is 12.2. The number of benzene rings is 2. The van der Waals surface area contributed by atoms with Crippen molar-refractivity contribution in [2.45, 2.75) is 19.4 Å². The lowest BCUT2D eigenvalue weighted by atomic mass is 10.2. The van der Waals surface area contributed by atoms with Crippen molar-refractivity contribution in [2.24, 2.45) is 0 Å². The van der Waals surface area contributed by atoms with Gasteiger partial charge in [-0.1, -0.05) is 25.1 Å². The number of nitrogens with zero attached hydrogens (tertiary/aromatic N) is 1. The molecule has 6 nitrogen and oxygen atoms in total. The Labute approximate surface area is 152 Å². The Morgan fingerprint density at radius 2 is 1.92 bits per heavy atom. The van der Waals surface area contributed by atoms with E-state index in [1.807, 2.05) is 0 Å². The van der Waals surface area contributed by atoms with Gasteiger partial charge in [0.05, 0.1) is 11.9 Å². The van der Waals surface area contributed by atoms with Gasteiger partial charge in [0.2, 0.25) is 10.0 Å². The Morgan fingerprint density at radius 3 is 2.54 bits per heavy atom. The fourth-order valence-corrected chi connectivity index (χ4v) is 2.71. The molecule has 0 heterocycles. The molecule has 0 saturated heterocycles. The van der Waals surface area contributed by atoms with Crippen LogP contribution in [0.4, 0.5) is 15.8 Å². The lowest BCUT2D eigenvalue weighted by molar-refractivity contribution is -0.122. The van der Waals surface area contributed by atoms with Crippen LogP contribution in [0, 0.1) is 5.82 Å². The molecule has 2 aromatic carbocycles. The second kappa shape index (κ2) is 8.18. The van der Waals surface area contributed by atoms with Crippen LogP contribution in [0.2, 0.25) is 0 Å². The Hall–Kier alpha value is -2.61. The first-order valence-corrected chi connectivity index (χ1v) is 9.83. The van der Waals surface area contributed by atoms with Crippen molar-refractivity contribution in [3.05, 3.63) is 54.3 Å². The maximum Gasteiger partial charge on any atom is 0.265 e. The lowest BCUT2D eigenvalue weighted by Gasteiger charge is -2.19. The highest BCUT2D eigenvalue weighted by Gasteiger charge is 2.20. The van der Waals surface area contributed by atoms with Crippen LogP contribution in [0.25, 0.3) is 0 Å². The van der Waals surface area contributed by atoms with Crippen molar-refractivity contribution in [3.8, 4) is 5.75 Å². The summed E-state index contributed by atoms with van der Waals surface area (Å²) >= 11 is 0. The van der Waals surface area contributed by atoms with Crippen LogP contribution in [0.5, 0.6) is 5.75 Å². The fraction of sp³-hybridized carbons (Fsp3) is 0.278. The van der Waals surface area contributed by atoms with E-state index in [0.29, 0.717) is 17.8 Å². The predicted molar refractivity (Wildman–Crippen MR) is 99.4 cm³/mol. The van der Waals surface area contributed by atoms with Crippen molar-refractivity contribution < 1.29 is 22.3 Å². The molecule has 0 unspecified atom stereocenters. The average molecular weight is 380 g/mol. The summed E-state index contributed by atoms with van der Waals surface area (Å²) in [5.74, 6) is -0.995. The number of carbonyl (C=O) groups is 1. The normalized spacial score (nSPS) is 12.3. The summed E-state index contributed by atoms with van der Waals surface area (Å²) in [6.45, 7) is 1.75. The summed E-state index contributed by atoms with van der Waals surface area (Å²) in [6.07, 6.45) is 0.541. The monoisotopic (exact) mass is 380 g/mol. The number of amides is 1. The maximum absolute atomic E-state index is 13.7. The molecule has 0 aromatic heterocycles. The van der Waals surface area contributed by atoms with Gasteiger partial charge in [-0.25, -0.2) is 12.8 Å². The van der Waals surface area contributed by atoms with Crippen LogP contribution >= 0.6 is 0 Å². The summed E-state index contributed by atoms with van der Waals surface area (Å²) in [6, 6.07) is 12.3. The van der Waals surface area contributed by atoms with Gasteiger partial charge in [-0.15, -0.1) is 0 Å². The first kappa shape index (κ1) is 19.7. The van der Waals surface area contributed by atoms with E-state index in [0.717, 1.165) is 10.6 Å². The van der Waals surface area contributed by atoms with Crippen LogP contribution in [0.3, 0.4) is 0 Å². The van der Waals surface area contributed by atoms with E-state index in [9.17, 15) is 17.6 Å². The molecular weight excluding hydrogens is 359 g/mol. The SMILES string of the molecule is CC[C@@H](Oc1ccccc1F)C(=O)Nc1cccc(N(C)S(C)(=O)=O)c1. The molecule has 0 aliphatic rings. The van der Waals surface area contributed by atoms with E-state index in [1.54, 1.807) is 31.2 Å². The molecule has 2 rings (SSSR count). The van der Waals surface area contributed by atoms with Gasteiger partial charge in [0.1, 0.15) is 0 Å². The molecule has 1 N–H and O–H groups in total. The Balaban J connectivity index is 2.14. The molecule has 0 aliphatic carbocycles. The quantitative estimate of drug-likeness (QED) is 0.801. The number of hydrogen-bond acceptors (Lipinski definition) is 4. The highest BCUT2D eigenvalue weighted by atomic mass is 32.2. The third kappa shape index (κ3) is 4.95. The zero-order valence-electron chi connectivity index (χ0n) is 14.8. The molecule has 0 fully saturated rings. The Bertz CT molecular complexity index is 886. The number of nitrogens with one attached hydrogen (secondary N) is 1. The van der Waals surface area contributed by atoms with E-state index >= 15 is 0 Å². The molecule has 0 saturated carbocycles. The van der Waals surface area contributed by atoms with E-state index < -0.39 is 27.9 Å². The van der Waals surface area contributed by atoms with Gasteiger partial charge < -0.3 is 10.1 Å². The van der Waals surface area contributed by atoms with Gasteiger partial charge in [0, 0.05) is 12.7 Å². The highest BCUT2D eigenvalue weighted by molar-refractivity contribution is 7.92. The topological polar surface area (TPSA) is 75.7 Å². The van der Waals surface area contributed by atoms with E-state index in [-0.39, 0.29) is 5.75 Å². The number of ether oxygens (including phenoxy) is 1. The second-order valence-electron chi connectivity index (χ2n) is 5.72. The molecule has 8 heteroatoms. The van der Waals surface area contributed by atoms with Crippen molar-refractivity contribution >= 4 is 27.3 Å². The van der Waals surface area contributed by atoms with Gasteiger partial charge in [0.15, 0.2) is 17.7 Å². The van der Waals surface area contributed by atoms with Crippen molar-refractivity contribution in [1.82, 2.24) is 0 Å². The predicted octanol–water partition coefficient (Wildman–Crippen LogP) is 3.02. The number of para-hydroxylation sites is 1. The van der Waals surface area contributed by atoms with E-state index in [2.05, 4.69) is 5.32 Å². The minimum absolute atomic E-state index is 0.0000559. The van der Waals surface area contributed by atoms with Gasteiger partial charge in [0.25, 0.3) is 5.91 Å². The Morgan fingerprint density at radius 1 is 1.23 bits per heavy atom. The number of rotatable bonds is 7. The summed E-state index contributed by atoms with van der Waals surface area (Å²) in [5, 5.41) is 2.67. The zero-order chi connectivity index (χ0) is 19.3. The van der Waals surface area contributed by atoms with Crippen LogP contribution in [0.15, 0.2) is 48.5 Å². The van der Waals surface area contributed by atoms with Crippen molar-refractivity contribution in [1.29, 1.82) is 0 Å². The second-order valence-corrected chi connectivity index (χ2v) is 7.73. The third-order valence-electron chi connectivity index (χ3n) is 3.74. The number of halogens is 1.